The van der Waals surface area contributed by atoms with Crippen LogP contribution in [0.2, 0.25) is 0 Å². The molecule has 0 bridgehead atoms. The highest BCUT2D eigenvalue weighted by atomic mass is 32.1. The Labute approximate surface area is 72.3 Å². The van der Waals surface area contributed by atoms with Crippen molar-refractivity contribution in [1.82, 2.24) is 0 Å². The summed E-state index contributed by atoms with van der Waals surface area (Å²) in [6, 6.07) is 7.69. The van der Waals surface area contributed by atoms with Crippen molar-refractivity contribution in [3.8, 4) is 0 Å². The molecule has 2 heteroatoms. The van der Waals surface area contributed by atoms with E-state index in [2.05, 4.69) is 0 Å². The topological polar surface area (TPSA) is 26.0 Å². The Balaban J connectivity index is 2.72. The molecule has 0 radical (unpaired) electrons. The molecule has 1 aromatic heterocycles. The van der Waals surface area contributed by atoms with Gasteiger partial charge < -0.3 is 5.73 Å². The third-order valence-corrected chi connectivity index (χ3v) is 2.60. The molecule has 1 heterocycles. The second-order valence-electron chi connectivity index (χ2n) is 2.29. The molecule has 1 aromatic carbocycles. The van der Waals surface area contributed by atoms with Crippen LogP contribution in [0.25, 0.3) is 10.1 Å². The Morgan fingerprint density at radius 1 is 1.45 bits per heavy atom. The van der Waals surface area contributed by atoms with Gasteiger partial charge in [0.05, 0.1) is 0 Å². The second-order valence-corrected chi connectivity index (χ2v) is 3.20. The van der Waals surface area contributed by atoms with E-state index in [1.54, 1.807) is 5.38 Å². The third kappa shape index (κ3) is 1.04. The van der Waals surface area contributed by atoms with Gasteiger partial charge in [-0.2, -0.15) is 0 Å². The lowest BCUT2D eigenvalue weighted by molar-refractivity contribution is 1.09. The summed E-state index contributed by atoms with van der Waals surface area (Å²) in [4.78, 5) is 0. The molecule has 0 atom stereocenters. The van der Waals surface area contributed by atoms with Crippen molar-refractivity contribution in [2.45, 2.75) is 6.50 Å². The first-order chi connectivity index (χ1) is 6.09. The molecule has 0 unspecified atom stereocenters. The SMILES string of the molecule is [2H][13C]([2H])([15NH2])c1csc2ccccc12. The smallest absolute Gasteiger partial charge is 0.0477 e. The molecule has 11 heavy (non-hydrogen) atoms. The van der Waals surface area contributed by atoms with Crippen molar-refractivity contribution in [2.24, 2.45) is 5.73 Å². The zero-order valence-corrected chi connectivity index (χ0v) is 6.69. The fourth-order valence-corrected chi connectivity index (χ4v) is 1.99. The molecule has 0 spiro atoms. The molecule has 0 saturated carbocycles. The Bertz CT molecular complexity index is 430. The van der Waals surface area contributed by atoms with Gasteiger partial charge in [-0.05, 0) is 22.4 Å². The first-order valence-corrected chi connectivity index (χ1v) is 4.22. The maximum absolute atomic E-state index is 7.42. The van der Waals surface area contributed by atoms with Gasteiger partial charge in [0.1, 0.15) is 0 Å². The third-order valence-electron chi connectivity index (χ3n) is 1.64. The van der Waals surface area contributed by atoms with Crippen LogP contribution in [0.4, 0.5) is 0 Å². The lowest BCUT2D eigenvalue weighted by Crippen LogP contribution is -1.93. The van der Waals surface area contributed by atoms with Crippen LogP contribution in [0.5, 0.6) is 0 Å². The van der Waals surface area contributed by atoms with Gasteiger partial charge in [0, 0.05) is 13.9 Å². The number of benzene rings is 1. The van der Waals surface area contributed by atoms with Crippen LogP contribution in [0, 0.1) is 0 Å². The van der Waals surface area contributed by atoms with Crippen LogP contribution >= 0.6 is 11.3 Å². The van der Waals surface area contributed by atoms with Crippen molar-refractivity contribution >= 4 is 21.4 Å². The number of nitrogens with two attached hydrogens (primary N) is 1. The molecule has 0 fully saturated rings. The molecule has 0 saturated heterocycles. The highest BCUT2D eigenvalue weighted by Crippen LogP contribution is 2.24. The van der Waals surface area contributed by atoms with Gasteiger partial charge in [0.25, 0.3) is 0 Å². The first-order valence-electron chi connectivity index (χ1n) is 4.34. The van der Waals surface area contributed by atoms with Crippen molar-refractivity contribution in [3.63, 3.8) is 0 Å². The number of fused-ring (bicyclic) bond motifs is 1. The number of hydrogen-bond donors (Lipinski definition) is 1. The van der Waals surface area contributed by atoms with E-state index < -0.39 is 6.50 Å². The number of rotatable bonds is 1. The van der Waals surface area contributed by atoms with Gasteiger partial charge >= 0.3 is 0 Å². The second kappa shape index (κ2) is 2.64. The molecule has 0 aliphatic carbocycles. The van der Waals surface area contributed by atoms with Gasteiger partial charge in [-0.15, -0.1) is 11.3 Å². The van der Waals surface area contributed by atoms with Crippen LogP contribution in [0.1, 0.15) is 8.30 Å². The van der Waals surface area contributed by atoms with E-state index in [1.807, 2.05) is 24.3 Å². The molecule has 56 valence electrons. The van der Waals surface area contributed by atoms with E-state index in [4.69, 9.17) is 8.48 Å². The largest absolute Gasteiger partial charge is 0.326 e. The highest BCUT2D eigenvalue weighted by molar-refractivity contribution is 7.17. The fraction of sp³-hybridized carbons (Fsp3) is 0.111. The highest BCUT2D eigenvalue weighted by Gasteiger charge is 1.98. The maximum atomic E-state index is 7.42. The van der Waals surface area contributed by atoms with Gasteiger partial charge in [-0.3, -0.25) is 0 Å². The van der Waals surface area contributed by atoms with E-state index in [0.717, 1.165) is 10.1 Å². The van der Waals surface area contributed by atoms with Crippen molar-refractivity contribution in [1.29, 1.82) is 0 Å². The lowest BCUT2D eigenvalue weighted by Gasteiger charge is -1.91. The van der Waals surface area contributed by atoms with Crippen LogP contribution in [0.15, 0.2) is 29.6 Å². The van der Waals surface area contributed by atoms with E-state index >= 15 is 0 Å². The predicted octanol–water partition coefficient (Wildman–Crippen LogP) is 2.36. The summed E-state index contributed by atoms with van der Waals surface area (Å²) in [6.07, 6.45) is 0. The van der Waals surface area contributed by atoms with E-state index in [-0.39, 0.29) is 0 Å². The quantitative estimate of drug-likeness (QED) is 0.512. The zero-order chi connectivity index (χ0) is 9.47. The molecule has 2 aromatic rings. The molecule has 2 N–H and O–H groups in total. The molecule has 0 amide bonds. The molecule has 1 nitrogen and oxygen atoms in total. The van der Waals surface area contributed by atoms with Gasteiger partial charge in [0.15, 0.2) is 0 Å². The predicted molar refractivity (Wildman–Crippen MR) is 49.7 cm³/mol. The molecule has 0 aliphatic rings. The summed E-state index contributed by atoms with van der Waals surface area (Å²) >= 11 is 1.52. The fourth-order valence-electron chi connectivity index (χ4n) is 1.09. The summed E-state index contributed by atoms with van der Waals surface area (Å²) in [7, 11) is 0. The van der Waals surface area contributed by atoms with E-state index in [0.29, 0.717) is 5.56 Å². The van der Waals surface area contributed by atoms with Gasteiger partial charge in [-0.25, -0.2) is 0 Å². The van der Waals surface area contributed by atoms with Crippen molar-refractivity contribution in [3.05, 3.63) is 35.2 Å². The van der Waals surface area contributed by atoms with E-state index in [1.165, 1.54) is 11.3 Å². The van der Waals surface area contributed by atoms with Crippen molar-refractivity contribution in [2.75, 3.05) is 0 Å². The minimum Gasteiger partial charge on any atom is -0.326 e. The Morgan fingerprint density at radius 2 is 2.27 bits per heavy atom. The standard InChI is InChI=1S/C9H9NS/c10-5-7-6-11-9-4-2-1-3-8(7)9/h1-4,6H,5,10H2/i5+1D2,10+1. The summed E-state index contributed by atoms with van der Waals surface area (Å²) < 4.78 is 15.9. The summed E-state index contributed by atoms with van der Waals surface area (Å²) in [5.41, 5.74) is 5.98. The summed E-state index contributed by atoms with van der Waals surface area (Å²) in [6.45, 7) is -1.74. The Kier molecular flexibility index (Phi) is 1.18. The zero-order valence-electron chi connectivity index (χ0n) is 7.87. The normalized spacial score (nSPS) is 14.6. The minimum atomic E-state index is -1.74. The van der Waals surface area contributed by atoms with E-state index in [9.17, 15) is 0 Å². The summed E-state index contributed by atoms with van der Waals surface area (Å²) in [5, 5.41) is 2.70. The average Bonchev–Trinajstić information content (AvgIpc) is 2.45. The Morgan fingerprint density at radius 3 is 3.09 bits per heavy atom. The maximum Gasteiger partial charge on any atom is 0.0477 e. The summed E-state index contributed by atoms with van der Waals surface area (Å²) in [5.74, 6) is 0. The monoisotopic (exact) mass is 167 g/mol. The number of hydrogen-bond acceptors (Lipinski definition) is 2. The number of thiophene rings is 1. The molecular formula is C9H9NS. The van der Waals surface area contributed by atoms with Crippen LogP contribution in [-0.2, 0) is 6.50 Å². The van der Waals surface area contributed by atoms with Gasteiger partial charge in [-0.1, -0.05) is 18.2 Å². The molecule has 2 rings (SSSR count). The van der Waals surface area contributed by atoms with Crippen LogP contribution in [-0.4, -0.2) is 0 Å². The Hall–Kier alpha value is -0.860. The van der Waals surface area contributed by atoms with Crippen molar-refractivity contribution < 1.29 is 2.74 Å². The van der Waals surface area contributed by atoms with Crippen LogP contribution < -0.4 is 5.73 Å². The first kappa shape index (κ1) is 4.91. The van der Waals surface area contributed by atoms with Gasteiger partial charge in [0.2, 0.25) is 0 Å². The molecule has 0 aliphatic heterocycles. The van der Waals surface area contributed by atoms with Crippen LogP contribution in [0.3, 0.4) is 0 Å². The molecular weight excluding hydrogens is 156 g/mol. The average molecular weight is 167 g/mol. The lowest BCUT2D eigenvalue weighted by atomic mass is 10.2. The minimum absolute atomic E-state index is 0.577.